The van der Waals surface area contributed by atoms with Gasteiger partial charge in [0, 0.05) is 18.7 Å². The number of ether oxygens (including phenoxy) is 1. The highest BCUT2D eigenvalue weighted by Crippen LogP contribution is 2.44. The van der Waals surface area contributed by atoms with E-state index in [9.17, 15) is 0 Å². The molecule has 1 heterocycles. The molecule has 3 rings (SSSR count). The number of rotatable bonds is 5. The van der Waals surface area contributed by atoms with E-state index in [1.807, 2.05) is 0 Å². The van der Waals surface area contributed by atoms with Crippen molar-refractivity contribution in [3.8, 4) is 0 Å². The Bertz CT molecular complexity index is 205. The third-order valence-electron chi connectivity index (χ3n) is 4.39. The molecule has 1 saturated heterocycles. The molecule has 2 unspecified atom stereocenters. The lowest BCUT2D eigenvalue weighted by atomic mass is 9.97. The lowest BCUT2D eigenvalue weighted by Gasteiger charge is -2.26. The second-order valence-electron chi connectivity index (χ2n) is 5.78. The summed E-state index contributed by atoms with van der Waals surface area (Å²) in [4.78, 5) is 0. The minimum absolute atomic E-state index is 0.665. The SMILES string of the molecule is CC(NC(C1CC1)C1CC1)C1CCOC1. The van der Waals surface area contributed by atoms with Gasteiger partial charge in [0.2, 0.25) is 0 Å². The van der Waals surface area contributed by atoms with Gasteiger partial charge in [0.05, 0.1) is 6.61 Å². The molecule has 0 aromatic carbocycles. The first-order valence-electron chi connectivity index (χ1n) is 6.68. The minimum Gasteiger partial charge on any atom is -0.381 e. The predicted octanol–water partition coefficient (Wildman–Crippen LogP) is 2.19. The molecule has 0 radical (unpaired) electrons. The van der Waals surface area contributed by atoms with Crippen molar-refractivity contribution in [3.05, 3.63) is 0 Å². The van der Waals surface area contributed by atoms with Gasteiger partial charge in [0.25, 0.3) is 0 Å². The van der Waals surface area contributed by atoms with Crippen molar-refractivity contribution in [3.63, 3.8) is 0 Å². The molecule has 2 atom stereocenters. The predicted molar refractivity (Wildman–Crippen MR) is 60.8 cm³/mol. The van der Waals surface area contributed by atoms with Crippen LogP contribution in [0.5, 0.6) is 0 Å². The van der Waals surface area contributed by atoms with Gasteiger partial charge in [-0.05, 0) is 56.8 Å². The van der Waals surface area contributed by atoms with E-state index in [4.69, 9.17) is 4.74 Å². The summed E-state index contributed by atoms with van der Waals surface area (Å²) in [6, 6.07) is 1.51. The Morgan fingerprint density at radius 3 is 2.13 bits per heavy atom. The maximum absolute atomic E-state index is 5.47. The zero-order valence-electron chi connectivity index (χ0n) is 9.74. The second-order valence-corrected chi connectivity index (χ2v) is 5.78. The Hall–Kier alpha value is -0.0800. The van der Waals surface area contributed by atoms with Gasteiger partial charge in [0.15, 0.2) is 0 Å². The Labute approximate surface area is 92.8 Å². The molecule has 0 aromatic heterocycles. The van der Waals surface area contributed by atoms with Gasteiger partial charge < -0.3 is 10.1 Å². The molecule has 1 aliphatic heterocycles. The first kappa shape index (κ1) is 10.1. The standard InChI is InChI=1S/C13H23NO/c1-9(12-6-7-15-8-12)14-13(10-2-3-10)11-4-5-11/h9-14H,2-8H2,1H3. The molecule has 3 fully saturated rings. The van der Waals surface area contributed by atoms with E-state index in [1.54, 1.807) is 0 Å². The molecule has 2 nitrogen and oxygen atoms in total. The molecule has 2 heteroatoms. The molecule has 2 saturated carbocycles. The Balaban J connectivity index is 1.52. The van der Waals surface area contributed by atoms with Crippen LogP contribution < -0.4 is 5.32 Å². The van der Waals surface area contributed by atoms with Gasteiger partial charge in [-0.15, -0.1) is 0 Å². The van der Waals surface area contributed by atoms with Gasteiger partial charge in [-0.3, -0.25) is 0 Å². The van der Waals surface area contributed by atoms with Crippen LogP contribution in [0.1, 0.15) is 39.0 Å². The van der Waals surface area contributed by atoms with Crippen LogP contribution in [0.2, 0.25) is 0 Å². The highest BCUT2D eigenvalue weighted by molar-refractivity contribution is 4.97. The fraction of sp³-hybridized carbons (Fsp3) is 1.00. The highest BCUT2D eigenvalue weighted by Gasteiger charge is 2.42. The normalized spacial score (nSPS) is 33.6. The molecule has 3 aliphatic rings. The molecule has 0 amide bonds. The van der Waals surface area contributed by atoms with Gasteiger partial charge in [-0.2, -0.15) is 0 Å². The van der Waals surface area contributed by atoms with Gasteiger partial charge in [0.1, 0.15) is 0 Å². The summed E-state index contributed by atoms with van der Waals surface area (Å²) in [5.74, 6) is 2.80. The number of hydrogen-bond acceptors (Lipinski definition) is 2. The number of hydrogen-bond donors (Lipinski definition) is 1. The second kappa shape index (κ2) is 4.06. The zero-order valence-corrected chi connectivity index (χ0v) is 9.74. The van der Waals surface area contributed by atoms with Crippen molar-refractivity contribution in [2.24, 2.45) is 17.8 Å². The first-order valence-corrected chi connectivity index (χ1v) is 6.68. The van der Waals surface area contributed by atoms with E-state index in [2.05, 4.69) is 12.2 Å². The van der Waals surface area contributed by atoms with Crippen LogP contribution >= 0.6 is 0 Å². The number of nitrogens with one attached hydrogen (secondary N) is 1. The van der Waals surface area contributed by atoms with Crippen molar-refractivity contribution in [1.82, 2.24) is 5.32 Å². The van der Waals surface area contributed by atoms with Crippen molar-refractivity contribution in [2.45, 2.75) is 51.1 Å². The molecule has 0 bridgehead atoms. The van der Waals surface area contributed by atoms with E-state index in [1.165, 1.54) is 32.1 Å². The van der Waals surface area contributed by atoms with Crippen LogP contribution in [0.3, 0.4) is 0 Å². The summed E-state index contributed by atoms with van der Waals surface area (Å²) >= 11 is 0. The fourth-order valence-corrected chi connectivity index (χ4v) is 2.95. The zero-order chi connectivity index (χ0) is 10.3. The first-order chi connectivity index (χ1) is 7.34. The Morgan fingerprint density at radius 1 is 1.00 bits per heavy atom. The lowest BCUT2D eigenvalue weighted by molar-refractivity contribution is 0.174. The van der Waals surface area contributed by atoms with E-state index in [0.29, 0.717) is 6.04 Å². The minimum atomic E-state index is 0.665. The molecule has 86 valence electrons. The molecule has 0 spiro atoms. The van der Waals surface area contributed by atoms with Crippen molar-refractivity contribution in [2.75, 3.05) is 13.2 Å². The third kappa shape index (κ3) is 2.36. The summed E-state index contributed by atoms with van der Waals surface area (Å²) in [5.41, 5.74) is 0. The van der Waals surface area contributed by atoms with E-state index in [0.717, 1.165) is 37.0 Å². The Morgan fingerprint density at radius 2 is 1.67 bits per heavy atom. The van der Waals surface area contributed by atoms with Crippen LogP contribution in [-0.2, 0) is 4.74 Å². The average molecular weight is 209 g/mol. The smallest absolute Gasteiger partial charge is 0.0509 e. The largest absolute Gasteiger partial charge is 0.381 e. The van der Waals surface area contributed by atoms with Crippen LogP contribution in [0.15, 0.2) is 0 Å². The summed E-state index contributed by atoms with van der Waals surface area (Å²) in [7, 11) is 0. The van der Waals surface area contributed by atoms with Gasteiger partial charge in [-0.25, -0.2) is 0 Å². The van der Waals surface area contributed by atoms with Gasteiger partial charge in [-0.1, -0.05) is 0 Å². The van der Waals surface area contributed by atoms with E-state index < -0.39 is 0 Å². The Kier molecular flexibility index (Phi) is 2.73. The van der Waals surface area contributed by atoms with Crippen LogP contribution in [0.25, 0.3) is 0 Å². The third-order valence-corrected chi connectivity index (χ3v) is 4.39. The monoisotopic (exact) mass is 209 g/mol. The summed E-state index contributed by atoms with van der Waals surface area (Å²) in [6.45, 7) is 4.32. The molecular formula is C13H23NO. The van der Waals surface area contributed by atoms with Crippen molar-refractivity contribution < 1.29 is 4.74 Å². The lowest BCUT2D eigenvalue weighted by Crippen LogP contribution is -2.43. The fourth-order valence-electron chi connectivity index (χ4n) is 2.95. The summed E-state index contributed by atoms with van der Waals surface area (Å²) in [5, 5.41) is 3.90. The highest BCUT2D eigenvalue weighted by atomic mass is 16.5. The van der Waals surface area contributed by atoms with Crippen LogP contribution in [0, 0.1) is 17.8 Å². The molecule has 1 N–H and O–H groups in total. The molecular weight excluding hydrogens is 186 g/mol. The topological polar surface area (TPSA) is 21.3 Å². The van der Waals surface area contributed by atoms with E-state index in [-0.39, 0.29) is 0 Å². The molecule has 15 heavy (non-hydrogen) atoms. The maximum Gasteiger partial charge on any atom is 0.0509 e. The van der Waals surface area contributed by atoms with E-state index >= 15 is 0 Å². The van der Waals surface area contributed by atoms with Crippen LogP contribution in [-0.4, -0.2) is 25.3 Å². The summed E-state index contributed by atoms with van der Waals surface area (Å²) < 4.78 is 5.47. The van der Waals surface area contributed by atoms with Crippen LogP contribution in [0.4, 0.5) is 0 Å². The average Bonchev–Trinajstić information content (AvgIpc) is 3.15. The molecule has 2 aliphatic carbocycles. The maximum atomic E-state index is 5.47. The quantitative estimate of drug-likeness (QED) is 0.749. The molecule has 0 aromatic rings. The van der Waals surface area contributed by atoms with Gasteiger partial charge >= 0.3 is 0 Å². The summed E-state index contributed by atoms with van der Waals surface area (Å²) in [6.07, 6.45) is 7.16. The van der Waals surface area contributed by atoms with Crippen molar-refractivity contribution >= 4 is 0 Å². The van der Waals surface area contributed by atoms with Crippen molar-refractivity contribution in [1.29, 1.82) is 0 Å².